The standard InChI is InChI=1S/C20H18N4O8/c21-20(22)23-10-4-5-11-9(6-10)8-31-16-12(2-1-3-14(16)32-19(11)30)17(27)24-13(18(28)29)7-15(25)26/h1-6,13H,7-8H2,(H,24,27)(H,25,26)(H,28,29)(H4,21,22,23). The van der Waals surface area contributed by atoms with Crippen LogP contribution in [0.15, 0.2) is 41.4 Å². The minimum atomic E-state index is -1.67. The van der Waals surface area contributed by atoms with Crippen molar-refractivity contribution in [2.24, 2.45) is 16.5 Å². The van der Waals surface area contributed by atoms with E-state index in [9.17, 15) is 19.2 Å². The molecule has 12 nitrogen and oxygen atoms in total. The summed E-state index contributed by atoms with van der Waals surface area (Å²) in [7, 11) is 0. The van der Waals surface area contributed by atoms with Gasteiger partial charge in [0.15, 0.2) is 17.5 Å². The third-order valence-electron chi connectivity index (χ3n) is 4.35. The van der Waals surface area contributed by atoms with E-state index in [1.165, 1.54) is 36.4 Å². The molecule has 1 unspecified atom stereocenters. The Bertz CT molecular complexity index is 1140. The van der Waals surface area contributed by atoms with E-state index in [0.29, 0.717) is 11.3 Å². The number of benzene rings is 2. The fraction of sp³-hybridized carbons (Fsp3) is 0.150. The highest BCUT2D eigenvalue weighted by atomic mass is 16.6. The summed E-state index contributed by atoms with van der Waals surface area (Å²) in [4.78, 5) is 51.4. The Kier molecular flexibility index (Phi) is 6.24. The lowest BCUT2D eigenvalue weighted by Gasteiger charge is -2.20. The van der Waals surface area contributed by atoms with Gasteiger partial charge in [-0.2, -0.15) is 0 Å². The number of nitrogens with one attached hydrogen (secondary N) is 1. The third kappa shape index (κ3) is 4.92. The molecule has 2 aromatic rings. The van der Waals surface area contributed by atoms with Gasteiger partial charge in [0, 0.05) is 5.56 Å². The van der Waals surface area contributed by atoms with Crippen molar-refractivity contribution in [2.45, 2.75) is 19.1 Å². The molecule has 1 heterocycles. The van der Waals surface area contributed by atoms with E-state index in [2.05, 4.69) is 10.3 Å². The van der Waals surface area contributed by atoms with Crippen LogP contribution in [0.25, 0.3) is 0 Å². The van der Waals surface area contributed by atoms with Crippen molar-refractivity contribution in [3.05, 3.63) is 53.1 Å². The lowest BCUT2D eigenvalue weighted by Crippen LogP contribution is -2.42. The first kappa shape index (κ1) is 22.1. The second-order valence-electron chi connectivity index (χ2n) is 6.65. The topological polar surface area (TPSA) is 204 Å². The highest BCUT2D eigenvalue weighted by molar-refractivity contribution is 6.01. The van der Waals surface area contributed by atoms with Crippen molar-refractivity contribution < 1.29 is 38.9 Å². The van der Waals surface area contributed by atoms with Crippen molar-refractivity contribution >= 4 is 35.5 Å². The van der Waals surface area contributed by atoms with Gasteiger partial charge in [0.05, 0.1) is 23.2 Å². The monoisotopic (exact) mass is 442 g/mol. The Balaban J connectivity index is 1.94. The van der Waals surface area contributed by atoms with Gasteiger partial charge >= 0.3 is 17.9 Å². The molecule has 1 aliphatic rings. The van der Waals surface area contributed by atoms with E-state index in [1.807, 2.05) is 0 Å². The Labute approximate surface area is 180 Å². The van der Waals surface area contributed by atoms with Gasteiger partial charge in [0.2, 0.25) is 0 Å². The molecule has 1 amide bonds. The quantitative estimate of drug-likeness (QED) is 0.180. The molecule has 2 aromatic carbocycles. The van der Waals surface area contributed by atoms with E-state index in [0.717, 1.165) is 0 Å². The number of ether oxygens (including phenoxy) is 2. The molecule has 0 fully saturated rings. The van der Waals surface area contributed by atoms with Gasteiger partial charge in [-0.3, -0.25) is 9.59 Å². The van der Waals surface area contributed by atoms with Crippen molar-refractivity contribution in [3.8, 4) is 11.5 Å². The second kappa shape index (κ2) is 9.04. The smallest absolute Gasteiger partial charge is 0.344 e. The summed E-state index contributed by atoms with van der Waals surface area (Å²) in [6, 6.07) is 6.94. The number of aliphatic carboxylic acids is 2. The number of carboxylic acids is 2. The highest BCUT2D eigenvalue weighted by Gasteiger charge is 2.28. The number of nitrogens with two attached hydrogens (primary N) is 2. The van der Waals surface area contributed by atoms with Crippen LogP contribution in [0.3, 0.4) is 0 Å². The number of guanidine groups is 1. The van der Waals surface area contributed by atoms with Crippen LogP contribution in [-0.2, 0) is 16.2 Å². The van der Waals surface area contributed by atoms with Gasteiger partial charge in [-0.25, -0.2) is 14.6 Å². The van der Waals surface area contributed by atoms with E-state index in [4.69, 9.17) is 31.2 Å². The second-order valence-corrected chi connectivity index (χ2v) is 6.65. The molecule has 0 aliphatic carbocycles. The zero-order valence-corrected chi connectivity index (χ0v) is 16.4. The normalized spacial score (nSPS) is 13.1. The molecule has 32 heavy (non-hydrogen) atoms. The number of aliphatic imine (C=N–C) groups is 1. The average molecular weight is 442 g/mol. The number of hydrogen-bond acceptors (Lipinski definition) is 7. The summed E-state index contributed by atoms with van der Waals surface area (Å²) in [5.41, 5.74) is 11.6. The van der Waals surface area contributed by atoms with Crippen LogP contribution in [0.1, 0.15) is 32.7 Å². The summed E-state index contributed by atoms with van der Waals surface area (Å²) in [5, 5.41) is 20.1. The fourth-order valence-corrected chi connectivity index (χ4v) is 2.96. The summed E-state index contributed by atoms with van der Waals surface area (Å²) >= 11 is 0. The molecule has 0 aromatic heterocycles. The lowest BCUT2D eigenvalue weighted by atomic mass is 10.1. The Hall–Kier alpha value is -4.61. The predicted molar refractivity (Wildman–Crippen MR) is 109 cm³/mol. The first-order chi connectivity index (χ1) is 15.2. The Morgan fingerprint density at radius 3 is 2.56 bits per heavy atom. The Morgan fingerprint density at radius 1 is 1.16 bits per heavy atom. The average Bonchev–Trinajstić information content (AvgIpc) is 2.70. The fourth-order valence-electron chi connectivity index (χ4n) is 2.96. The molecule has 1 aliphatic heterocycles. The molecule has 0 radical (unpaired) electrons. The predicted octanol–water partition coefficient (Wildman–Crippen LogP) is 0.361. The number of fused-ring (bicyclic) bond motifs is 2. The van der Waals surface area contributed by atoms with Crippen LogP contribution in [0.2, 0.25) is 0 Å². The largest absolute Gasteiger partial charge is 0.484 e. The van der Waals surface area contributed by atoms with Crippen LogP contribution in [0, 0.1) is 0 Å². The van der Waals surface area contributed by atoms with Gasteiger partial charge in [-0.05, 0) is 30.3 Å². The first-order valence-electron chi connectivity index (χ1n) is 9.11. The lowest BCUT2D eigenvalue weighted by molar-refractivity contribution is -0.145. The molecular weight excluding hydrogens is 424 g/mol. The number of carboxylic acid groups (broad SMARTS) is 2. The number of hydrogen-bond donors (Lipinski definition) is 5. The SMILES string of the molecule is NC(N)=Nc1ccc2c(c1)COc1c(cccc1C(=O)NC(CC(=O)O)C(=O)O)OC2=O. The number of esters is 1. The number of carbonyl (C=O) groups is 4. The zero-order chi connectivity index (χ0) is 23.4. The van der Waals surface area contributed by atoms with Crippen LogP contribution < -0.4 is 26.3 Å². The van der Waals surface area contributed by atoms with Crippen molar-refractivity contribution in [2.75, 3.05) is 0 Å². The molecule has 3 rings (SSSR count). The highest BCUT2D eigenvalue weighted by Crippen LogP contribution is 2.35. The maximum absolute atomic E-state index is 12.7. The molecule has 0 bridgehead atoms. The van der Waals surface area contributed by atoms with E-state index < -0.39 is 36.3 Å². The molecule has 0 spiro atoms. The number of nitrogens with zero attached hydrogens (tertiary/aromatic N) is 1. The molecule has 12 heteroatoms. The first-order valence-corrected chi connectivity index (χ1v) is 9.11. The molecule has 1 atom stereocenters. The van der Waals surface area contributed by atoms with E-state index >= 15 is 0 Å². The number of carbonyl (C=O) groups excluding carboxylic acids is 2. The van der Waals surface area contributed by atoms with Crippen molar-refractivity contribution in [3.63, 3.8) is 0 Å². The molecule has 7 N–H and O–H groups in total. The van der Waals surface area contributed by atoms with Gasteiger partial charge in [-0.15, -0.1) is 0 Å². The maximum Gasteiger partial charge on any atom is 0.344 e. The van der Waals surface area contributed by atoms with Crippen molar-refractivity contribution in [1.29, 1.82) is 0 Å². The molecular formula is C20H18N4O8. The summed E-state index contributed by atoms with van der Waals surface area (Å²) in [5.74, 6) is -4.91. The van der Waals surface area contributed by atoms with Gasteiger partial charge in [0.1, 0.15) is 12.6 Å². The minimum Gasteiger partial charge on any atom is -0.484 e. The van der Waals surface area contributed by atoms with Gasteiger partial charge in [0.25, 0.3) is 5.91 Å². The van der Waals surface area contributed by atoms with Crippen LogP contribution in [0.5, 0.6) is 11.5 Å². The Morgan fingerprint density at radius 2 is 1.91 bits per heavy atom. The number of para-hydroxylation sites is 1. The maximum atomic E-state index is 12.7. The van der Waals surface area contributed by atoms with Crippen LogP contribution in [-0.4, -0.2) is 46.0 Å². The zero-order valence-electron chi connectivity index (χ0n) is 16.4. The van der Waals surface area contributed by atoms with E-state index in [1.54, 1.807) is 0 Å². The summed E-state index contributed by atoms with van der Waals surface area (Å²) in [6.07, 6.45) is -0.827. The minimum absolute atomic E-state index is 0.0632. The third-order valence-corrected chi connectivity index (χ3v) is 4.35. The molecule has 0 saturated heterocycles. The number of amides is 1. The molecule has 0 saturated carbocycles. The van der Waals surface area contributed by atoms with Crippen LogP contribution >= 0.6 is 0 Å². The van der Waals surface area contributed by atoms with E-state index in [-0.39, 0.29) is 35.2 Å². The molecule has 166 valence electrons. The number of rotatable bonds is 6. The summed E-state index contributed by atoms with van der Waals surface area (Å²) < 4.78 is 11.1. The van der Waals surface area contributed by atoms with Crippen LogP contribution in [0.4, 0.5) is 5.69 Å². The van der Waals surface area contributed by atoms with Crippen molar-refractivity contribution in [1.82, 2.24) is 5.32 Å². The van der Waals surface area contributed by atoms with Gasteiger partial charge in [-0.1, -0.05) is 6.07 Å². The van der Waals surface area contributed by atoms with Gasteiger partial charge < -0.3 is 36.5 Å². The summed E-state index contributed by atoms with van der Waals surface area (Å²) in [6.45, 7) is -0.160.